The predicted octanol–water partition coefficient (Wildman–Crippen LogP) is 4.94. The van der Waals surface area contributed by atoms with Crippen LogP contribution in [0.15, 0.2) is 42.5 Å². The zero-order valence-corrected chi connectivity index (χ0v) is 11.9. The van der Waals surface area contributed by atoms with Crippen molar-refractivity contribution in [1.82, 2.24) is 0 Å². The van der Waals surface area contributed by atoms with Gasteiger partial charge in [-0.05, 0) is 48.6 Å². The number of thiocarbonyl (C=S) groups is 1. The van der Waals surface area contributed by atoms with Gasteiger partial charge in [0.25, 0.3) is 0 Å². The maximum atomic E-state index is 13.0. The minimum absolute atomic E-state index is 0.0376. The smallest absolute Gasteiger partial charge is 0.175 e. The monoisotopic (exact) mass is 314 g/mol. The zero-order valence-electron chi connectivity index (χ0n) is 9.58. The van der Waals surface area contributed by atoms with E-state index in [-0.39, 0.29) is 5.02 Å². The largest absolute Gasteiger partial charge is 0.332 e. The number of benzene rings is 2. The van der Waals surface area contributed by atoms with E-state index in [9.17, 15) is 4.39 Å². The summed E-state index contributed by atoms with van der Waals surface area (Å²) in [5.74, 6) is -0.471. The van der Waals surface area contributed by atoms with Crippen LogP contribution >= 0.6 is 35.4 Å². The normalized spacial score (nSPS) is 10.1. The molecule has 2 nitrogen and oxygen atoms in total. The van der Waals surface area contributed by atoms with Gasteiger partial charge in [-0.15, -0.1) is 0 Å². The van der Waals surface area contributed by atoms with Gasteiger partial charge in [0.05, 0.1) is 5.02 Å². The summed E-state index contributed by atoms with van der Waals surface area (Å²) >= 11 is 16.7. The van der Waals surface area contributed by atoms with Crippen LogP contribution in [0, 0.1) is 5.82 Å². The summed E-state index contributed by atoms with van der Waals surface area (Å²) in [5, 5.41) is 6.88. The average Bonchev–Trinajstić information content (AvgIpc) is 2.34. The Bertz CT molecular complexity index is 619. The van der Waals surface area contributed by atoms with Gasteiger partial charge in [0.15, 0.2) is 5.11 Å². The molecule has 2 N–H and O–H groups in total. The third-order valence-electron chi connectivity index (χ3n) is 2.26. The van der Waals surface area contributed by atoms with E-state index in [0.717, 1.165) is 5.69 Å². The fourth-order valence-electron chi connectivity index (χ4n) is 1.43. The van der Waals surface area contributed by atoms with Gasteiger partial charge in [0.2, 0.25) is 0 Å². The van der Waals surface area contributed by atoms with Crippen LogP contribution in [0.5, 0.6) is 0 Å². The first kappa shape index (κ1) is 14.1. The third kappa shape index (κ3) is 4.06. The van der Waals surface area contributed by atoms with E-state index >= 15 is 0 Å². The van der Waals surface area contributed by atoms with Crippen molar-refractivity contribution < 1.29 is 4.39 Å². The van der Waals surface area contributed by atoms with Crippen LogP contribution in [0.1, 0.15) is 0 Å². The van der Waals surface area contributed by atoms with E-state index in [1.807, 2.05) is 12.1 Å². The number of rotatable bonds is 2. The molecule has 2 rings (SSSR count). The SMILES string of the molecule is Fc1ccc(NC(=S)Nc2cccc(Cl)c2)cc1Cl. The summed E-state index contributed by atoms with van der Waals surface area (Å²) < 4.78 is 13.0. The van der Waals surface area contributed by atoms with Crippen molar-refractivity contribution in [3.05, 3.63) is 58.3 Å². The quantitative estimate of drug-likeness (QED) is 0.768. The highest BCUT2D eigenvalue weighted by Crippen LogP contribution is 2.20. The first-order chi connectivity index (χ1) is 9.04. The Hall–Kier alpha value is -1.36. The molecule has 2 aromatic carbocycles. The molecule has 0 aliphatic rings. The van der Waals surface area contributed by atoms with Crippen molar-refractivity contribution in [3.8, 4) is 0 Å². The molecule has 0 amide bonds. The topological polar surface area (TPSA) is 24.1 Å². The second kappa shape index (κ2) is 6.19. The zero-order chi connectivity index (χ0) is 13.8. The highest BCUT2D eigenvalue weighted by atomic mass is 35.5. The molecule has 0 aromatic heterocycles. The molecule has 0 fully saturated rings. The number of anilines is 2. The number of halogens is 3. The van der Waals surface area contributed by atoms with Crippen LogP contribution < -0.4 is 10.6 Å². The summed E-state index contributed by atoms with van der Waals surface area (Å²) in [5.41, 5.74) is 1.36. The van der Waals surface area contributed by atoms with Gasteiger partial charge in [-0.1, -0.05) is 29.3 Å². The fraction of sp³-hybridized carbons (Fsp3) is 0. The van der Waals surface area contributed by atoms with E-state index in [2.05, 4.69) is 10.6 Å². The molecule has 0 heterocycles. The third-order valence-corrected chi connectivity index (χ3v) is 2.99. The molecule has 2 aromatic rings. The van der Waals surface area contributed by atoms with Crippen molar-refractivity contribution in [2.75, 3.05) is 10.6 Å². The first-order valence-electron chi connectivity index (χ1n) is 5.33. The molecule has 0 radical (unpaired) electrons. The van der Waals surface area contributed by atoms with Gasteiger partial charge in [-0.25, -0.2) is 4.39 Å². The van der Waals surface area contributed by atoms with Gasteiger partial charge in [0, 0.05) is 16.4 Å². The summed E-state index contributed by atoms with van der Waals surface area (Å²) in [6, 6.07) is 11.4. The minimum atomic E-state index is -0.471. The first-order valence-corrected chi connectivity index (χ1v) is 6.49. The lowest BCUT2D eigenvalue weighted by Gasteiger charge is -2.11. The van der Waals surface area contributed by atoms with Crippen LogP contribution in [0.3, 0.4) is 0 Å². The Balaban J connectivity index is 2.03. The van der Waals surface area contributed by atoms with E-state index in [4.69, 9.17) is 35.4 Å². The van der Waals surface area contributed by atoms with E-state index in [1.54, 1.807) is 18.2 Å². The van der Waals surface area contributed by atoms with Crippen molar-refractivity contribution in [3.63, 3.8) is 0 Å². The molecule has 0 aliphatic heterocycles. The van der Waals surface area contributed by atoms with Crippen LogP contribution in [0.25, 0.3) is 0 Å². The molecule has 98 valence electrons. The van der Waals surface area contributed by atoms with E-state index in [1.165, 1.54) is 12.1 Å². The molecule has 0 spiro atoms. The Morgan fingerprint density at radius 1 is 1.00 bits per heavy atom. The molecule has 0 aliphatic carbocycles. The Morgan fingerprint density at radius 3 is 2.32 bits per heavy atom. The van der Waals surface area contributed by atoms with Crippen LogP contribution in [0.4, 0.5) is 15.8 Å². The van der Waals surface area contributed by atoms with Crippen molar-refractivity contribution in [1.29, 1.82) is 0 Å². The molecule has 0 unspecified atom stereocenters. The number of nitrogens with one attached hydrogen (secondary N) is 2. The molecule has 19 heavy (non-hydrogen) atoms. The maximum Gasteiger partial charge on any atom is 0.175 e. The molecular weight excluding hydrogens is 306 g/mol. The Labute approximate surface area is 125 Å². The molecule has 0 bridgehead atoms. The Morgan fingerprint density at radius 2 is 1.68 bits per heavy atom. The standard InChI is InChI=1S/C13H9Cl2FN2S/c14-8-2-1-3-9(6-8)17-13(19)18-10-4-5-12(16)11(15)7-10/h1-7H,(H2,17,18,19). The molecule has 0 atom stereocenters. The minimum Gasteiger partial charge on any atom is -0.332 e. The summed E-state index contributed by atoms with van der Waals surface area (Å²) in [6.07, 6.45) is 0. The highest BCUT2D eigenvalue weighted by Gasteiger charge is 2.03. The van der Waals surface area contributed by atoms with E-state index in [0.29, 0.717) is 15.8 Å². The average molecular weight is 315 g/mol. The summed E-state index contributed by atoms with van der Waals surface area (Å²) in [6.45, 7) is 0. The molecule has 6 heteroatoms. The maximum absolute atomic E-state index is 13.0. The van der Waals surface area contributed by atoms with Gasteiger partial charge < -0.3 is 10.6 Å². The van der Waals surface area contributed by atoms with Crippen LogP contribution in [0.2, 0.25) is 10.0 Å². The van der Waals surface area contributed by atoms with E-state index < -0.39 is 5.82 Å². The number of hydrogen-bond acceptors (Lipinski definition) is 1. The van der Waals surface area contributed by atoms with Crippen molar-refractivity contribution in [2.24, 2.45) is 0 Å². The molecule has 0 saturated carbocycles. The summed E-state index contributed by atoms with van der Waals surface area (Å²) in [7, 11) is 0. The second-order valence-corrected chi connectivity index (χ2v) is 4.97. The Kier molecular flexibility index (Phi) is 4.58. The van der Waals surface area contributed by atoms with Crippen molar-refractivity contribution in [2.45, 2.75) is 0 Å². The lowest BCUT2D eigenvalue weighted by Crippen LogP contribution is -2.19. The van der Waals surface area contributed by atoms with Crippen LogP contribution in [-0.2, 0) is 0 Å². The second-order valence-electron chi connectivity index (χ2n) is 3.72. The molecule has 0 saturated heterocycles. The molecular formula is C13H9Cl2FN2S. The van der Waals surface area contributed by atoms with Gasteiger partial charge in [0.1, 0.15) is 5.82 Å². The highest BCUT2D eigenvalue weighted by molar-refractivity contribution is 7.80. The number of hydrogen-bond donors (Lipinski definition) is 2. The fourth-order valence-corrected chi connectivity index (χ4v) is 2.04. The predicted molar refractivity (Wildman–Crippen MR) is 82.7 cm³/mol. The lowest BCUT2D eigenvalue weighted by atomic mass is 10.3. The van der Waals surface area contributed by atoms with Gasteiger partial charge >= 0.3 is 0 Å². The van der Waals surface area contributed by atoms with Gasteiger partial charge in [-0.2, -0.15) is 0 Å². The summed E-state index contributed by atoms with van der Waals surface area (Å²) in [4.78, 5) is 0. The van der Waals surface area contributed by atoms with Gasteiger partial charge in [-0.3, -0.25) is 0 Å². The van der Waals surface area contributed by atoms with Crippen molar-refractivity contribution >= 4 is 51.9 Å². The van der Waals surface area contributed by atoms with Crippen LogP contribution in [-0.4, -0.2) is 5.11 Å². The lowest BCUT2D eigenvalue weighted by molar-refractivity contribution is 0.628.